The number of hydrogen-bond acceptors (Lipinski definition) is 3. The van der Waals surface area contributed by atoms with Gasteiger partial charge in [-0.15, -0.1) is 0 Å². The molecule has 1 aromatic heterocycles. The third kappa shape index (κ3) is 3.01. The second-order valence-corrected chi connectivity index (χ2v) is 5.44. The van der Waals surface area contributed by atoms with Crippen molar-refractivity contribution in [3.8, 4) is 0 Å². The van der Waals surface area contributed by atoms with E-state index < -0.39 is 0 Å². The van der Waals surface area contributed by atoms with E-state index in [1.807, 2.05) is 55.5 Å². The molecule has 1 heterocycles. The van der Waals surface area contributed by atoms with Crippen LogP contribution >= 0.6 is 0 Å². The maximum absolute atomic E-state index is 13.0. The lowest BCUT2D eigenvalue weighted by Gasteiger charge is -2.05. The highest BCUT2D eigenvalue weighted by Gasteiger charge is 2.19. The van der Waals surface area contributed by atoms with Gasteiger partial charge in [0.2, 0.25) is 0 Å². The predicted molar refractivity (Wildman–Crippen MR) is 88.6 cm³/mol. The second-order valence-electron chi connectivity index (χ2n) is 5.44. The summed E-state index contributed by atoms with van der Waals surface area (Å²) in [5.41, 5.74) is 4.11. The summed E-state index contributed by atoms with van der Waals surface area (Å²) in [4.78, 5) is 26.6. The molecule has 3 rings (SSSR count). The van der Waals surface area contributed by atoms with Gasteiger partial charge in [-0.1, -0.05) is 48.0 Å². The second kappa shape index (κ2) is 6.48. The van der Waals surface area contributed by atoms with Gasteiger partial charge in [0.15, 0.2) is 5.78 Å². The summed E-state index contributed by atoms with van der Waals surface area (Å²) in [6.07, 6.45) is 0.473. The van der Waals surface area contributed by atoms with E-state index in [1.165, 1.54) is 0 Å². The van der Waals surface area contributed by atoms with E-state index in [4.69, 9.17) is 4.74 Å². The van der Waals surface area contributed by atoms with Crippen LogP contribution < -0.4 is 0 Å². The van der Waals surface area contributed by atoms with Crippen LogP contribution in [0.5, 0.6) is 0 Å². The van der Waals surface area contributed by atoms with Gasteiger partial charge in [-0.25, -0.2) is 0 Å². The molecular weight excluding hydrogens is 290 g/mol. The monoisotopic (exact) mass is 307 g/mol. The Hall–Kier alpha value is -2.88. The highest BCUT2D eigenvalue weighted by Crippen LogP contribution is 2.25. The van der Waals surface area contributed by atoms with Gasteiger partial charge in [-0.3, -0.25) is 9.59 Å². The normalized spacial score (nSPS) is 10.7. The molecule has 1 N–H and O–H groups in total. The van der Waals surface area contributed by atoms with Crippen molar-refractivity contribution >= 4 is 23.2 Å². The quantitative estimate of drug-likeness (QED) is 0.431. The number of aromatic amines is 1. The van der Waals surface area contributed by atoms with Crippen molar-refractivity contribution in [2.75, 3.05) is 6.61 Å². The van der Waals surface area contributed by atoms with Crippen molar-refractivity contribution in [2.45, 2.75) is 13.3 Å². The molecule has 4 heteroatoms. The summed E-state index contributed by atoms with van der Waals surface area (Å²) in [5.74, 6) is -0.0245. The Morgan fingerprint density at radius 3 is 2.61 bits per heavy atom. The molecule has 0 aliphatic carbocycles. The van der Waals surface area contributed by atoms with E-state index in [1.54, 1.807) is 0 Å². The Morgan fingerprint density at radius 1 is 1.13 bits per heavy atom. The molecule has 0 unspecified atom stereocenters. The van der Waals surface area contributed by atoms with E-state index in [2.05, 4.69) is 4.98 Å². The minimum absolute atomic E-state index is 0.0245. The van der Waals surface area contributed by atoms with E-state index in [-0.39, 0.29) is 12.4 Å². The number of carbonyl (C=O) groups is 2. The van der Waals surface area contributed by atoms with Crippen molar-refractivity contribution in [1.29, 1.82) is 0 Å². The van der Waals surface area contributed by atoms with Crippen LogP contribution in [0, 0.1) is 6.92 Å². The number of para-hydroxylation sites is 1. The van der Waals surface area contributed by atoms with Crippen molar-refractivity contribution in [3.05, 3.63) is 70.9 Å². The van der Waals surface area contributed by atoms with E-state index in [0.717, 1.165) is 22.2 Å². The lowest BCUT2D eigenvalue weighted by molar-refractivity contribution is -0.128. The fourth-order valence-corrected chi connectivity index (χ4v) is 2.70. The lowest BCUT2D eigenvalue weighted by atomic mass is 9.98. The molecule has 0 aliphatic rings. The molecule has 0 bridgehead atoms. The van der Waals surface area contributed by atoms with Gasteiger partial charge in [0.05, 0.1) is 12.2 Å². The average molecular weight is 307 g/mol. The Morgan fingerprint density at radius 2 is 1.87 bits per heavy atom. The van der Waals surface area contributed by atoms with Gasteiger partial charge in [-0.05, 0) is 13.0 Å². The van der Waals surface area contributed by atoms with Crippen molar-refractivity contribution in [2.24, 2.45) is 0 Å². The van der Waals surface area contributed by atoms with Crippen molar-refractivity contribution < 1.29 is 14.3 Å². The van der Waals surface area contributed by atoms with Crippen molar-refractivity contribution in [3.63, 3.8) is 0 Å². The topological polar surface area (TPSA) is 59.2 Å². The Kier molecular flexibility index (Phi) is 4.24. The predicted octanol–water partition coefficient (Wildman–Crippen LogP) is 3.42. The highest BCUT2D eigenvalue weighted by atomic mass is 16.5. The molecule has 0 radical (unpaired) electrons. The van der Waals surface area contributed by atoms with E-state index in [0.29, 0.717) is 24.0 Å². The van der Waals surface area contributed by atoms with Gasteiger partial charge in [0.25, 0.3) is 6.47 Å². The molecule has 3 aromatic rings. The van der Waals surface area contributed by atoms with Gasteiger partial charge < -0.3 is 9.72 Å². The molecule has 116 valence electrons. The first-order chi connectivity index (χ1) is 11.2. The number of hydrogen-bond donors (Lipinski definition) is 1. The SMILES string of the molecule is Cc1ccc(C(=O)c2c(CCOC=O)[nH]c3ccccc23)cc1. The lowest BCUT2D eigenvalue weighted by Crippen LogP contribution is -2.07. The smallest absolute Gasteiger partial charge is 0.293 e. The third-order valence-corrected chi connectivity index (χ3v) is 3.86. The first-order valence-electron chi connectivity index (χ1n) is 7.47. The van der Waals surface area contributed by atoms with Crippen LogP contribution in [-0.4, -0.2) is 23.8 Å². The fraction of sp³-hybridized carbons (Fsp3) is 0.158. The minimum atomic E-state index is -0.0245. The molecule has 23 heavy (non-hydrogen) atoms. The molecule has 0 amide bonds. The number of fused-ring (bicyclic) bond motifs is 1. The molecule has 0 aliphatic heterocycles. The van der Waals surface area contributed by atoms with Crippen LogP contribution in [0.1, 0.15) is 27.2 Å². The number of carbonyl (C=O) groups excluding carboxylic acids is 2. The number of rotatable bonds is 6. The first-order valence-corrected chi connectivity index (χ1v) is 7.47. The molecule has 2 aromatic carbocycles. The summed E-state index contributed by atoms with van der Waals surface area (Å²) < 4.78 is 4.78. The Labute approximate surface area is 134 Å². The zero-order chi connectivity index (χ0) is 16.2. The van der Waals surface area contributed by atoms with Crippen LogP contribution in [0.15, 0.2) is 48.5 Å². The largest absolute Gasteiger partial charge is 0.467 e. The molecule has 4 nitrogen and oxygen atoms in total. The standard InChI is InChI=1S/C19H17NO3/c1-13-6-8-14(9-7-13)19(22)18-15-4-2-3-5-16(15)20-17(18)10-11-23-12-21/h2-9,12,20H,10-11H2,1H3. The van der Waals surface area contributed by atoms with Crippen LogP contribution in [0.4, 0.5) is 0 Å². The van der Waals surface area contributed by atoms with E-state index >= 15 is 0 Å². The summed E-state index contributed by atoms with van der Waals surface area (Å²) in [7, 11) is 0. The van der Waals surface area contributed by atoms with Gasteiger partial charge in [-0.2, -0.15) is 0 Å². The van der Waals surface area contributed by atoms with Gasteiger partial charge >= 0.3 is 0 Å². The molecule has 0 fully saturated rings. The number of ketones is 1. The third-order valence-electron chi connectivity index (χ3n) is 3.86. The first kappa shape index (κ1) is 15.0. The van der Waals surface area contributed by atoms with Crippen LogP contribution in [0.2, 0.25) is 0 Å². The summed E-state index contributed by atoms with van der Waals surface area (Å²) in [6, 6.07) is 15.2. The van der Waals surface area contributed by atoms with Crippen LogP contribution in [-0.2, 0) is 16.0 Å². The number of benzene rings is 2. The zero-order valence-corrected chi connectivity index (χ0v) is 12.8. The molecular formula is C19H17NO3. The van der Waals surface area contributed by atoms with Crippen molar-refractivity contribution in [1.82, 2.24) is 4.98 Å². The Balaban J connectivity index is 2.06. The van der Waals surface area contributed by atoms with Gasteiger partial charge in [0, 0.05) is 28.6 Å². The average Bonchev–Trinajstić information content (AvgIpc) is 2.93. The van der Waals surface area contributed by atoms with Gasteiger partial charge in [0.1, 0.15) is 0 Å². The summed E-state index contributed by atoms with van der Waals surface area (Å²) >= 11 is 0. The molecule has 0 saturated heterocycles. The number of aromatic nitrogens is 1. The summed E-state index contributed by atoms with van der Waals surface area (Å²) in [6.45, 7) is 2.65. The zero-order valence-electron chi connectivity index (χ0n) is 12.8. The number of aryl methyl sites for hydroxylation is 1. The maximum Gasteiger partial charge on any atom is 0.293 e. The fourth-order valence-electron chi connectivity index (χ4n) is 2.70. The summed E-state index contributed by atoms with van der Waals surface area (Å²) in [5, 5.41) is 0.888. The molecule has 0 atom stereocenters. The van der Waals surface area contributed by atoms with E-state index in [9.17, 15) is 9.59 Å². The number of H-pyrrole nitrogens is 1. The minimum Gasteiger partial charge on any atom is -0.467 e. The molecule has 0 spiro atoms. The maximum atomic E-state index is 13.0. The number of nitrogens with one attached hydrogen (secondary N) is 1. The highest BCUT2D eigenvalue weighted by molar-refractivity contribution is 6.17. The Bertz CT molecular complexity index is 847. The van der Waals surface area contributed by atoms with Crippen LogP contribution in [0.3, 0.4) is 0 Å². The van der Waals surface area contributed by atoms with Crippen LogP contribution in [0.25, 0.3) is 10.9 Å². The number of ether oxygens (including phenoxy) is 1. The molecule has 0 saturated carbocycles.